The van der Waals surface area contributed by atoms with E-state index in [1.807, 2.05) is 30.3 Å². The van der Waals surface area contributed by atoms with Crippen LogP contribution in [0.4, 0.5) is 0 Å². The number of ether oxygens (including phenoxy) is 6. The molecular weight excluding hydrogens is 598 g/mol. The van der Waals surface area contributed by atoms with Gasteiger partial charge >= 0.3 is 23.9 Å². The van der Waals surface area contributed by atoms with Gasteiger partial charge in [-0.15, -0.1) is 0 Å². The van der Waals surface area contributed by atoms with E-state index in [9.17, 15) is 24.0 Å². The fourth-order valence-electron chi connectivity index (χ4n) is 4.77. The lowest BCUT2D eigenvalue weighted by Gasteiger charge is -2.44. The van der Waals surface area contributed by atoms with Crippen molar-refractivity contribution >= 4 is 29.8 Å². The third-order valence-electron chi connectivity index (χ3n) is 6.80. The topological polar surface area (TPSA) is 153 Å². The van der Waals surface area contributed by atoms with Crippen LogP contribution in [0.1, 0.15) is 42.3 Å². The van der Waals surface area contributed by atoms with Gasteiger partial charge in [0.05, 0.1) is 6.42 Å². The summed E-state index contributed by atoms with van der Waals surface area (Å²) in [7, 11) is 0. The molecule has 1 aliphatic rings. The lowest BCUT2D eigenvalue weighted by molar-refractivity contribution is -0.270. The Morgan fingerprint density at radius 1 is 0.696 bits per heavy atom. The molecule has 12 heteroatoms. The molecule has 3 aromatic rings. The van der Waals surface area contributed by atoms with Crippen LogP contribution in [-0.2, 0) is 55.9 Å². The van der Waals surface area contributed by atoms with E-state index in [0.29, 0.717) is 17.9 Å². The Hall–Kier alpha value is -5.23. The van der Waals surface area contributed by atoms with Gasteiger partial charge in [-0.05, 0) is 35.4 Å². The van der Waals surface area contributed by atoms with Gasteiger partial charge in [0.15, 0.2) is 12.2 Å². The first-order valence-corrected chi connectivity index (χ1v) is 14.5. The Balaban J connectivity index is 1.59. The summed E-state index contributed by atoms with van der Waals surface area (Å²) in [4.78, 5) is 62.5. The van der Waals surface area contributed by atoms with Crippen LogP contribution in [0.5, 0.6) is 5.75 Å². The third-order valence-corrected chi connectivity index (χ3v) is 6.80. The second kappa shape index (κ2) is 16.2. The molecule has 5 atom stereocenters. The normalized spacial score (nSPS) is 20.5. The molecule has 4 rings (SSSR count). The van der Waals surface area contributed by atoms with Gasteiger partial charge in [0.25, 0.3) is 5.91 Å². The minimum atomic E-state index is -1.54. The quantitative estimate of drug-likeness (QED) is 0.231. The van der Waals surface area contributed by atoms with Crippen LogP contribution >= 0.6 is 0 Å². The Bertz CT molecular complexity index is 1490. The monoisotopic (exact) mass is 633 g/mol. The number of amides is 1. The zero-order valence-electron chi connectivity index (χ0n) is 25.6. The highest BCUT2D eigenvalue weighted by Crippen LogP contribution is 2.29. The maximum Gasteiger partial charge on any atom is 0.312 e. The summed E-state index contributed by atoms with van der Waals surface area (Å²) in [5.74, 6) is -3.01. The average Bonchev–Trinajstić information content (AvgIpc) is 3.02. The Kier molecular flexibility index (Phi) is 11.8. The standard InChI is InChI=1S/C34H35NO11/c1-21(36)41-20-28-31(43-22(2)37)32(44-23(3)38)30(34(45-28)46-29(39)18-24-10-6-4-7-11-24)35-33(40)26-14-16-27(17-15-26)42-19-25-12-8-5-9-13-25/h4-17,28,30-32,34H,18-20H2,1-3H3,(H,35,40)/t28-,30+,31+,32+,34-/m0/s1. The number of carbonyl (C=O) groups excluding carboxylic acids is 5. The van der Waals surface area contributed by atoms with Gasteiger partial charge in [-0.2, -0.15) is 0 Å². The molecule has 0 unspecified atom stereocenters. The van der Waals surface area contributed by atoms with E-state index >= 15 is 0 Å². The second-order valence-corrected chi connectivity index (χ2v) is 10.4. The number of benzene rings is 3. The molecule has 1 fully saturated rings. The molecule has 12 nitrogen and oxygen atoms in total. The highest BCUT2D eigenvalue weighted by Gasteiger charge is 2.52. The van der Waals surface area contributed by atoms with Gasteiger partial charge in [0.2, 0.25) is 6.29 Å². The number of hydrogen-bond acceptors (Lipinski definition) is 11. The lowest BCUT2D eigenvalue weighted by atomic mass is 9.95. The highest BCUT2D eigenvalue weighted by molar-refractivity contribution is 5.94. The molecule has 0 saturated carbocycles. The zero-order chi connectivity index (χ0) is 33.1. The Labute approximate surface area is 265 Å². The SMILES string of the molecule is CC(=O)OC[C@@H]1O[C@@H](OC(=O)Cc2ccccc2)[C@H](NC(=O)c2ccc(OCc3ccccc3)cc2)[C@@H](OC(C)=O)[C@@H]1OC(C)=O. The van der Waals surface area contributed by atoms with E-state index in [4.69, 9.17) is 28.4 Å². The molecule has 0 spiro atoms. The van der Waals surface area contributed by atoms with E-state index in [-0.39, 0.29) is 12.0 Å². The molecule has 0 aliphatic carbocycles. The molecule has 0 bridgehead atoms. The van der Waals surface area contributed by atoms with E-state index in [0.717, 1.165) is 19.4 Å². The molecule has 1 heterocycles. The molecule has 1 N–H and O–H groups in total. The van der Waals surface area contributed by atoms with Crippen LogP contribution in [0.2, 0.25) is 0 Å². The van der Waals surface area contributed by atoms with Crippen molar-refractivity contribution < 1.29 is 52.4 Å². The number of nitrogens with one attached hydrogen (secondary N) is 1. The van der Waals surface area contributed by atoms with Crippen molar-refractivity contribution in [3.63, 3.8) is 0 Å². The van der Waals surface area contributed by atoms with E-state index in [1.165, 1.54) is 19.1 Å². The molecule has 0 radical (unpaired) electrons. The fourth-order valence-corrected chi connectivity index (χ4v) is 4.77. The summed E-state index contributed by atoms with van der Waals surface area (Å²) in [5, 5.41) is 2.72. The van der Waals surface area contributed by atoms with Crippen molar-refractivity contribution in [2.75, 3.05) is 6.61 Å². The van der Waals surface area contributed by atoms with Crippen molar-refractivity contribution in [2.45, 2.75) is 64.4 Å². The summed E-state index contributed by atoms with van der Waals surface area (Å²) < 4.78 is 33.6. The predicted molar refractivity (Wildman–Crippen MR) is 161 cm³/mol. The summed E-state index contributed by atoms with van der Waals surface area (Å²) in [6.07, 6.45) is -5.63. The number of esters is 4. The van der Waals surface area contributed by atoms with Crippen LogP contribution < -0.4 is 10.1 Å². The summed E-state index contributed by atoms with van der Waals surface area (Å²) >= 11 is 0. The van der Waals surface area contributed by atoms with Gasteiger partial charge in [-0.1, -0.05) is 60.7 Å². The van der Waals surface area contributed by atoms with Crippen LogP contribution in [0, 0.1) is 0 Å². The highest BCUT2D eigenvalue weighted by atomic mass is 16.7. The predicted octanol–water partition coefficient (Wildman–Crippen LogP) is 3.30. The number of rotatable bonds is 12. The molecule has 242 valence electrons. The van der Waals surface area contributed by atoms with Crippen LogP contribution in [0.3, 0.4) is 0 Å². The minimum Gasteiger partial charge on any atom is -0.489 e. The van der Waals surface area contributed by atoms with Gasteiger partial charge in [-0.3, -0.25) is 24.0 Å². The van der Waals surface area contributed by atoms with Crippen molar-refractivity contribution in [1.29, 1.82) is 0 Å². The van der Waals surface area contributed by atoms with Crippen LogP contribution in [-0.4, -0.2) is 67.0 Å². The summed E-state index contributed by atoms with van der Waals surface area (Å²) in [6, 6.07) is 23.3. The molecule has 1 aliphatic heterocycles. The first-order chi connectivity index (χ1) is 22.1. The maximum atomic E-state index is 13.5. The Morgan fingerprint density at radius 2 is 1.28 bits per heavy atom. The molecular formula is C34H35NO11. The lowest BCUT2D eigenvalue weighted by Crippen LogP contribution is -2.67. The molecule has 1 saturated heterocycles. The minimum absolute atomic E-state index is 0.133. The maximum absolute atomic E-state index is 13.5. The summed E-state index contributed by atoms with van der Waals surface area (Å²) in [5.41, 5.74) is 1.83. The second-order valence-electron chi connectivity index (χ2n) is 10.4. The van der Waals surface area contributed by atoms with Crippen LogP contribution in [0.25, 0.3) is 0 Å². The Morgan fingerprint density at radius 3 is 1.87 bits per heavy atom. The first kappa shape index (κ1) is 33.7. The molecule has 0 aromatic heterocycles. The third kappa shape index (κ3) is 9.89. The molecule has 46 heavy (non-hydrogen) atoms. The van der Waals surface area contributed by atoms with Crippen molar-refractivity contribution in [2.24, 2.45) is 0 Å². The van der Waals surface area contributed by atoms with E-state index in [2.05, 4.69) is 5.32 Å². The van der Waals surface area contributed by atoms with Gasteiger partial charge in [0.1, 0.15) is 31.1 Å². The molecule has 3 aromatic carbocycles. The first-order valence-electron chi connectivity index (χ1n) is 14.5. The molecule has 1 amide bonds. The van der Waals surface area contributed by atoms with Gasteiger partial charge < -0.3 is 33.7 Å². The van der Waals surface area contributed by atoms with Crippen molar-refractivity contribution in [3.8, 4) is 5.75 Å². The largest absolute Gasteiger partial charge is 0.489 e. The average molecular weight is 634 g/mol. The van der Waals surface area contributed by atoms with E-state index < -0.39 is 67.0 Å². The smallest absolute Gasteiger partial charge is 0.312 e. The zero-order valence-corrected chi connectivity index (χ0v) is 25.6. The van der Waals surface area contributed by atoms with Crippen molar-refractivity contribution in [1.82, 2.24) is 5.32 Å². The van der Waals surface area contributed by atoms with Gasteiger partial charge in [0, 0.05) is 26.3 Å². The fraction of sp³-hybridized carbons (Fsp3) is 0.324. The summed E-state index contributed by atoms with van der Waals surface area (Å²) in [6.45, 7) is 3.34. The van der Waals surface area contributed by atoms with Crippen molar-refractivity contribution in [3.05, 3.63) is 102 Å². The van der Waals surface area contributed by atoms with Gasteiger partial charge in [-0.25, -0.2) is 0 Å². The van der Waals surface area contributed by atoms with Crippen LogP contribution in [0.15, 0.2) is 84.9 Å². The van der Waals surface area contributed by atoms with E-state index in [1.54, 1.807) is 42.5 Å². The number of hydrogen-bond donors (Lipinski definition) is 1. The number of carbonyl (C=O) groups is 5.